The highest BCUT2D eigenvalue weighted by Crippen LogP contribution is 2.33. The van der Waals surface area contributed by atoms with Crippen molar-refractivity contribution in [3.8, 4) is 17.2 Å². The Morgan fingerprint density at radius 2 is 1.21 bits per heavy atom. The predicted octanol–water partition coefficient (Wildman–Crippen LogP) is 6.22. The number of phenolic OH excluding ortho intramolecular Hbond substituents is 3. The smallest absolute Gasteiger partial charge is 0.170 e. The largest absolute Gasteiger partial charge is 0.508 e. The van der Waals surface area contributed by atoms with E-state index in [4.69, 9.17) is 0 Å². The van der Waals surface area contributed by atoms with Gasteiger partial charge in [0.15, 0.2) is 5.78 Å². The van der Waals surface area contributed by atoms with E-state index in [2.05, 4.69) is 6.92 Å². The third-order valence-electron chi connectivity index (χ3n) is 5.44. The first kappa shape index (κ1) is 25.3. The van der Waals surface area contributed by atoms with Crippen molar-refractivity contribution in [2.45, 2.75) is 109 Å². The minimum Gasteiger partial charge on any atom is -0.508 e. The molecular weight excluding hydrogens is 368 g/mol. The van der Waals surface area contributed by atoms with Gasteiger partial charge in [0.2, 0.25) is 0 Å². The highest BCUT2D eigenvalue weighted by Gasteiger charge is 2.17. The van der Waals surface area contributed by atoms with Crippen LogP contribution in [-0.2, 0) is 0 Å². The lowest BCUT2D eigenvalue weighted by atomic mass is 10.0. The molecule has 4 N–H and O–H groups in total. The van der Waals surface area contributed by atoms with Gasteiger partial charge in [0.1, 0.15) is 22.8 Å². The number of Topliss-reactive ketones (excluding diaryl/α,β-unsaturated/α-hetero) is 1. The number of rotatable bonds is 17. The van der Waals surface area contributed by atoms with E-state index in [0.29, 0.717) is 0 Å². The maximum Gasteiger partial charge on any atom is 0.170 e. The number of ketones is 1. The Labute approximate surface area is 175 Å². The molecule has 0 heterocycles. The van der Waals surface area contributed by atoms with Crippen LogP contribution in [0.15, 0.2) is 12.1 Å². The van der Waals surface area contributed by atoms with Crippen LogP contribution in [0.5, 0.6) is 17.2 Å². The molecule has 0 radical (unpaired) electrons. The number of hydrogen-bond donors (Lipinski definition) is 4. The van der Waals surface area contributed by atoms with Gasteiger partial charge in [-0.05, 0) is 19.3 Å². The van der Waals surface area contributed by atoms with Crippen LogP contribution < -0.4 is 0 Å². The molecule has 0 fully saturated rings. The predicted molar refractivity (Wildman–Crippen MR) is 117 cm³/mol. The number of hydrogen-bond acceptors (Lipinski definition) is 5. The molecule has 0 amide bonds. The van der Waals surface area contributed by atoms with Gasteiger partial charge in [0.25, 0.3) is 0 Å². The molecule has 0 saturated heterocycles. The fraction of sp³-hybridized carbons (Fsp3) is 0.708. The van der Waals surface area contributed by atoms with E-state index in [-0.39, 0.29) is 41.1 Å². The summed E-state index contributed by atoms with van der Waals surface area (Å²) < 4.78 is 0. The molecule has 0 saturated carbocycles. The van der Waals surface area contributed by atoms with Crippen molar-refractivity contribution in [1.82, 2.24) is 0 Å². The summed E-state index contributed by atoms with van der Waals surface area (Å²) in [5.41, 5.74) is -0.0966. The van der Waals surface area contributed by atoms with Crippen LogP contribution in [0.25, 0.3) is 0 Å². The summed E-state index contributed by atoms with van der Waals surface area (Å²) in [6.45, 7) is 2.15. The summed E-state index contributed by atoms with van der Waals surface area (Å²) in [7, 11) is 0. The lowest BCUT2D eigenvalue weighted by Gasteiger charge is -2.09. The van der Waals surface area contributed by atoms with E-state index in [1.807, 2.05) is 0 Å². The van der Waals surface area contributed by atoms with Gasteiger partial charge >= 0.3 is 0 Å². The van der Waals surface area contributed by atoms with Crippen molar-refractivity contribution in [1.29, 1.82) is 0 Å². The molecule has 29 heavy (non-hydrogen) atoms. The summed E-state index contributed by atoms with van der Waals surface area (Å²) in [6, 6.07) is 2.14. The van der Waals surface area contributed by atoms with Crippen LogP contribution in [0, 0.1) is 0 Å². The van der Waals surface area contributed by atoms with Gasteiger partial charge in [-0.25, -0.2) is 0 Å². The average molecular weight is 409 g/mol. The molecule has 0 bridgehead atoms. The van der Waals surface area contributed by atoms with E-state index in [1.54, 1.807) is 0 Å². The minimum atomic E-state index is -0.372. The highest BCUT2D eigenvalue weighted by atomic mass is 16.3. The van der Waals surface area contributed by atoms with Crippen molar-refractivity contribution in [3.05, 3.63) is 17.7 Å². The summed E-state index contributed by atoms with van der Waals surface area (Å²) in [4.78, 5) is 12.1. The molecule has 0 aliphatic heterocycles. The van der Waals surface area contributed by atoms with Crippen molar-refractivity contribution in [3.63, 3.8) is 0 Å². The Morgan fingerprint density at radius 3 is 1.72 bits per heavy atom. The first-order valence-corrected chi connectivity index (χ1v) is 11.4. The van der Waals surface area contributed by atoms with Crippen LogP contribution in [0.3, 0.4) is 0 Å². The van der Waals surface area contributed by atoms with Gasteiger partial charge in [-0.2, -0.15) is 0 Å². The van der Waals surface area contributed by atoms with Crippen molar-refractivity contribution in [2.75, 3.05) is 0 Å². The minimum absolute atomic E-state index is 0.0966. The summed E-state index contributed by atoms with van der Waals surface area (Å²) in [5, 5.41) is 38.5. The van der Waals surface area contributed by atoms with Crippen LogP contribution in [0.2, 0.25) is 0 Å². The molecule has 0 aliphatic carbocycles. The highest BCUT2D eigenvalue weighted by molar-refractivity contribution is 6.01. The van der Waals surface area contributed by atoms with Crippen molar-refractivity contribution in [2.24, 2.45) is 0 Å². The molecular formula is C24H40O5. The van der Waals surface area contributed by atoms with Gasteiger partial charge in [-0.3, -0.25) is 4.79 Å². The topological polar surface area (TPSA) is 98.0 Å². The second-order valence-electron chi connectivity index (χ2n) is 8.15. The molecule has 0 aliphatic rings. The molecule has 166 valence electrons. The quantitative estimate of drug-likeness (QED) is 0.181. The Bertz CT molecular complexity index is 562. The zero-order valence-electron chi connectivity index (χ0n) is 18.0. The standard InChI is InChI=1S/C24H40O5/c1-2-3-14-19(25)15-12-10-8-6-4-5-7-9-11-13-16-21(27)24-22(28)17-20(26)18-23(24)29/h17-19,25-26,28-29H,2-16H2,1H3/t19-/m0/s1. The molecule has 5 nitrogen and oxygen atoms in total. The number of benzene rings is 1. The number of phenols is 3. The maximum atomic E-state index is 12.1. The summed E-state index contributed by atoms with van der Waals surface area (Å²) in [5.74, 6) is -1.30. The van der Waals surface area contributed by atoms with Gasteiger partial charge in [0, 0.05) is 18.6 Å². The second-order valence-corrected chi connectivity index (χ2v) is 8.15. The Morgan fingerprint density at radius 1 is 0.759 bits per heavy atom. The van der Waals surface area contributed by atoms with Gasteiger partial charge < -0.3 is 20.4 Å². The second kappa shape index (κ2) is 15.1. The molecule has 0 unspecified atom stereocenters. The van der Waals surface area contributed by atoms with Gasteiger partial charge in [-0.15, -0.1) is 0 Å². The molecule has 0 spiro atoms. The van der Waals surface area contributed by atoms with Crippen LogP contribution in [0.1, 0.15) is 114 Å². The van der Waals surface area contributed by atoms with E-state index in [0.717, 1.165) is 63.5 Å². The summed E-state index contributed by atoms with van der Waals surface area (Å²) in [6.07, 6.45) is 15.6. The maximum absolute atomic E-state index is 12.1. The first-order chi connectivity index (χ1) is 14.0. The lowest BCUT2D eigenvalue weighted by molar-refractivity contribution is 0.0973. The SMILES string of the molecule is CCCC[C@H](O)CCCCCCCCCCCCC(=O)c1c(O)cc(O)cc1O. The van der Waals surface area contributed by atoms with E-state index in [9.17, 15) is 25.2 Å². The first-order valence-electron chi connectivity index (χ1n) is 11.4. The third kappa shape index (κ3) is 11.1. The average Bonchev–Trinajstić information content (AvgIpc) is 2.66. The fourth-order valence-corrected chi connectivity index (χ4v) is 3.67. The monoisotopic (exact) mass is 408 g/mol. The Hall–Kier alpha value is -1.75. The molecule has 1 aromatic carbocycles. The lowest BCUT2D eigenvalue weighted by Crippen LogP contribution is -2.05. The third-order valence-corrected chi connectivity index (χ3v) is 5.44. The number of unbranched alkanes of at least 4 members (excludes halogenated alkanes) is 10. The number of carbonyl (C=O) groups is 1. The van der Waals surface area contributed by atoms with E-state index in [1.165, 1.54) is 38.5 Å². The van der Waals surface area contributed by atoms with E-state index >= 15 is 0 Å². The normalized spacial score (nSPS) is 12.2. The molecule has 1 rings (SSSR count). The Kier molecular flexibility index (Phi) is 13.2. The molecule has 1 aromatic rings. The Balaban J connectivity index is 1.97. The van der Waals surface area contributed by atoms with Crippen LogP contribution in [-0.4, -0.2) is 32.3 Å². The number of carbonyl (C=O) groups excluding carboxylic acids is 1. The zero-order chi connectivity index (χ0) is 21.5. The van der Waals surface area contributed by atoms with Gasteiger partial charge in [0.05, 0.1) is 6.10 Å². The number of aliphatic hydroxyl groups is 1. The molecule has 0 aromatic heterocycles. The fourth-order valence-electron chi connectivity index (χ4n) is 3.67. The summed E-state index contributed by atoms with van der Waals surface area (Å²) >= 11 is 0. The molecule has 1 atom stereocenters. The zero-order valence-corrected chi connectivity index (χ0v) is 18.0. The molecule has 5 heteroatoms. The van der Waals surface area contributed by atoms with E-state index < -0.39 is 0 Å². The van der Waals surface area contributed by atoms with Gasteiger partial charge in [-0.1, -0.05) is 77.6 Å². The van der Waals surface area contributed by atoms with Crippen LogP contribution >= 0.6 is 0 Å². The van der Waals surface area contributed by atoms with Crippen LogP contribution in [0.4, 0.5) is 0 Å². The number of aliphatic hydroxyl groups excluding tert-OH is 1. The van der Waals surface area contributed by atoms with Crippen molar-refractivity contribution >= 4 is 5.78 Å². The number of aromatic hydroxyl groups is 3. The van der Waals surface area contributed by atoms with Crippen molar-refractivity contribution < 1.29 is 25.2 Å².